The third kappa shape index (κ3) is 5.99. The summed E-state index contributed by atoms with van der Waals surface area (Å²) >= 11 is 1.23. The smallest absolute Gasteiger partial charge is 0.347 e. The summed E-state index contributed by atoms with van der Waals surface area (Å²) in [6, 6.07) is 15.9. The Labute approximate surface area is 200 Å². The third-order valence-corrected chi connectivity index (χ3v) is 6.28. The van der Waals surface area contributed by atoms with Gasteiger partial charge >= 0.3 is 6.18 Å². The van der Waals surface area contributed by atoms with Crippen LogP contribution in [0.15, 0.2) is 66.0 Å². The number of nitrogens with two attached hydrogens (primary N) is 2. The topological polar surface area (TPSA) is 95.6 Å². The summed E-state index contributed by atoms with van der Waals surface area (Å²) in [6.07, 6.45) is -3.23. The molecule has 1 amide bonds. The molecule has 0 aliphatic carbocycles. The van der Waals surface area contributed by atoms with Crippen LogP contribution < -0.4 is 16.4 Å². The summed E-state index contributed by atoms with van der Waals surface area (Å²) in [4.78, 5) is 13.3. The molecule has 1 heterocycles. The highest BCUT2D eigenvalue weighted by atomic mass is 32.1. The Kier molecular flexibility index (Phi) is 8.38. The largest absolute Gasteiger partial charge is 0.416 e. The molecule has 1 unspecified atom stereocenters. The van der Waals surface area contributed by atoms with Crippen molar-refractivity contribution >= 4 is 34.7 Å². The van der Waals surface area contributed by atoms with Crippen LogP contribution in [0, 0.1) is 5.41 Å². The number of carbonyl (C=O) groups excluding carboxylic acids is 1. The molecule has 0 aliphatic rings. The van der Waals surface area contributed by atoms with E-state index >= 15 is 0 Å². The molecule has 3 rings (SSSR count). The van der Waals surface area contributed by atoms with Gasteiger partial charge in [-0.3, -0.25) is 4.79 Å². The zero-order valence-corrected chi connectivity index (χ0v) is 19.3. The van der Waals surface area contributed by atoms with Crippen molar-refractivity contribution in [1.29, 1.82) is 5.41 Å². The fourth-order valence-electron chi connectivity index (χ4n) is 3.70. The quantitative estimate of drug-likeness (QED) is 0.346. The molecule has 1 aromatic heterocycles. The summed E-state index contributed by atoms with van der Waals surface area (Å²) < 4.78 is 40.0. The van der Waals surface area contributed by atoms with Crippen molar-refractivity contribution in [3.8, 4) is 0 Å². The Morgan fingerprint density at radius 3 is 2.44 bits per heavy atom. The molecule has 0 saturated heterocycles. The Morgan fingerprint density at radius 1 is 1.15 bits per heavy atom. The van der Waals surface area contributed by atoms with Crippen LogP contribution in [0.2, 0.25) is 0 Å². The summed E-state index contributed by atoms with van der Waals surface area (Å²) in [7, 11) is 1.86. The van der Waals surface area contributed by atoms with E-state index < -0.39 is 23.7 Å². The van der Waals surface area contributed by atoms with Crippen molar-refractivity contribution in [2.45, 2.75) is 18.6 Å². The second kappa shape index (κ2) is 11.2. The molecule has 2 aromatic carbocycles. The number of allylic oxidation sites excluding steroid dienone is 1. The zero-order chi connectivity index (χ0) is 24.7. The normalized spacial score (nSPS) is 13.2. The van der Waals surface area contributed by atoms with E-state index in [9.17, 15) is 18.0 Å². The number of benzene rings is 2. The van der Waals surface area contributed by atoms with Crippen molar-refractivity contribution in [3.63, 3.8) is 0 Å². The Hall–Kier alpha value is -3.27. The fourth-order valence-corrected chi connectivity index (χ4v) is 4.51. The van der Waals surface area contributed by atoms with Gasteiger partial charge in [-0.1, -0.05) is 48.5 Å². The molecule has 0 bridgehead atoms. The number of hydrogen-bond donors (Lipinski definition) is 4. The average molecular weight is 488 g/mol. The van der Waals surface area contributed by atoms with Gasteiger partial charge in [0, 0.05) is 29.7 Å². The highest BCUT2D eigenvalue weighted by Crippen LogP contribution is 2.32. The first-order chi connectivity index (χ1) is 16.3. The Bertz CT molecular complexity index is 1170. The number of nitrogens with one attached hydrogen (secondary N) is 2. The van der Waals surface area contributed by atoms with Crippen molar-refractivity contribution < 1.29 is 23.3 Å². The van der Waals surface area contributed by atoms with Crippen LogP contribution in [-0.2, 0) is 12.6 Å². The van der Waals surface area contributed by atoms with Crippen molar-refractivity contribution in [1.82, 2.24) is 5.32 Å². The molecule has 0 radical (unpaired) electrons. The van der Waals surface area contributed by atoms with Crippen molar-refractivity contribution in [3.05, 3.63) is 93.2 Å². The summed E-state index contributed by atoms with van der Waals surface area (Å²) in [6.45, 7) is -0.00396. The van der Waals surface area contributed by atoms with E-state index in [-0.39, 0.29) is 18.5 Å². The number of alkyl halides is 3. The van der Waals surface area contributed by atoms with Crippen LogP contribution in [-0.4, -0.2) is 31.8 Å². The number of hydrogen-bond acceptors (Lipinski definition) is 4. The number of thiophene rings is 1. The van der Waals surface area contributed by atoms with Crippen molar-refractivity contribution in [2.75, 3.05) is 13.6 Å². The molecule has 3 aromatic rings. The fraction of sp³-hybridized carbons (Fsp3) is 0.200. The van der Waals surface area contributed by atoms with E-state index in [4.69, 9.17) is 11.1 Å². The molecule has 6 N–H and O–H groups in total. The predicted molar refractivity (Wildman–Crippen MR) is 130 cm³/mol. The monoisotopic (exact) mass is 487 g/mol. The van der Waals surface area contributed by atoms with Crippen LogP contribution in [0.25, 0.3) is 11.3 Å². The molecule has 1 atom stereocenters. The summed E-state index contributed by atoms with van der Waals surface area (Å²) in [5, 5.41) is 14.4. The molecule has 9 heteroatoms. The molecule has 5 nitrogen and oxygen atoms in total. The predicted octanol–water partition coefficient (Wildman–Crippen LogP) is 3.78. The van der Waals surface area contributed by atoms with Gasteiger partial charge in [0.05, 0.1) is 23.1 Å². The van der Waals surface area contributed by atoms with Crippen LogP contribution in [0.3, 0.4) is 0 Å². The Balaban J connectivity index is 1.81. The number of carbonyl (C=O) groups is 1. The van der Waals surface area contributed by atoms with E-state index in [1.807, 2.05) is 48.1 Å². The zero-order valence-electron chi connectivity index (χ0n) is 18.5. The average Bonchev–Trinajstić information content (AvgIpc) is 3.32. The maximum atomic E-state index is 13.3. The van der Waals surface area contributed by atoms with Gasteiger partial charge in [-0.2, -0.15) is 13.2 Å². The molecule has 0 spiro atoms. The first-order valence-corrected chi connectivity index (χ1v) is 11.5. The maximum absolute atomic E-state index is 13.3. The van der Waals surface area contributed by atoms with Gasteiger partial charge in [-0.05, 0) is 29.7 Å². The molecular formula is C25H26F3N4OS+. The van der Waals surface area contributed by atoms with Gasteiger partial charge in [0.1, 0.15) is 5.70 Å². The molecular weight excluding hydrogens is 461 g/mol. The van der Waals surface area contributed by atoms with Gasteiger partial charge in [-0.25, -0.2) is 0 Å². The van der Waals surface area contributed by atoms with E-state index in [2.05, 4.69) is 5.32 Å². The lowest BCUT2D eigenvalue weighted by Crippen LogP contribution is -2.76. The second-order valence-electron chi connectivity index (χ2n) is 7.59. The van der Waals surface area contributed by atoms with Crippen LogP contribution in [0.5, 0.6) is 0 Å². The van der Waals surface area contributed by atoms with Crippen LogP contribution >= 0.6 is 11.3 Å². The first kappa shape index (κ1) is 25.4. The molecule has 0 fully saturated rings. The van der Waals surface area contributed by atoms with Gasteiger partial charge < -0.3 is 21.8 Å². The minimum Gasteiger partial charge on any atom is -0.347 e. The minimum atomic E-state index is -4.48. The van der Waals surface area contributed by atoms with Crippen molar-refractivity contribution in [2.24, 2.45) is 5.73 Å². The SMILES string of the molecule is C[NH2+]/C(=C(\C=N)c1ccccc1)c1csc(C(=O)NC(CN)Cc2ccccc2C(F)(F)F)c1. The van der Waals surface area contributed by atoms with Gasteiger partial charge in [0.15, 0.2) is 0 Å². The number of amides is 1. The second-order valence-corrected chi connectivity index (χ2v) is 8.50. The minimum absolute atomic E-state index is 0.00396. The number of quaternary nitrogens is 1. The number of halogens is 3. The van der Waals surface area contributed by atoms with Gasteiger partial charge in [0.25, 0.3) is 5.91 Å². The lowest BCUT2D eigenvalue weighted by molar-refractivity contribution is -0.529. The van der Waals surface area contributed by atoms with E-state index in [1.54, 1.807) is 6.07 Å². The molecule has 0 aliphatic heterocycles. The maximum Gasteiger partial charge on any atom is 0.416 e. The van der Waals surface area contributed by atoms with E-state index in [1.165, 1.54) is 35.8 Å². The number of rotatable bonds is 9. The summed E-state index contributed by atoms with van der Waals surface area (Å²) in [5.74, 6) is -0.400. The first-order valence-electron chi connectivity index (χ1n) is 10.6. The van der Waals surface area contributed by atoms with Crippen LogP contribution in [0.1, 0.15) is 31.9 Å². The van der Waals surface area contributed by atoms with Gasteiger partial charge in [0.2, 0.25) is 0 Å². The highest BCUT2D eigenvalue weighted by molar-refractivity contribution is 7.12. The lowest BCUT2D eigenvalue weighted by atomic mass is 9.99. The lowest BCUT2D eigenvalue weighted by Gasteiger charge is -2.19. The third-order valence-electron chi connectivity index (χ3n) is 5.35. The van der Waals surface area contributed by atoms with E-state index in [0.717, 1.165) is 28.5 Å². The summed E-state index contributed by atoms with van der Waals surface area (Å²) in [5.41, 5.74) is 8.33. The molecule has 0 saturated carbocycles. The highest BCUT2D eigenvalue weighted by Gasteiger charge is 2.33. The van der Waals surface area contributed by atoms with E-state index in [0.29, 0.717) is 4.88 Å². The molecule has 34 heavy (non-hydrogen) atoms. The standard InChI is InChI=1S/C25H25F3N4OS/c1-31-23(20(14-30)16-7-3-2-4-8-16)18-12-22(34-15-18)24(33)32-19(13-29)11-17-9-5-6-10-21(17)25(26,27)28/h2-10,12,14-15,19,30-31H,11,13,29H2,1H3,(H,32,33)/p+1/b23-20+,30-14?. The Morgan fingerprint density at radius 2 is 1.82 bits per heavy atom. The van der Waals surface area contributed by atoms with Crippen LogP contribution in [0.4, 0.5) is 13.2 Å². The molecule has 178 valence electrons. The van der Waals surface area contributed by atoms with Gasteiger partial charge in [-0.15, -0.1) is 11.3 Å².